The summed E-state index contributed by atoms with van der Waals surface area (Å²) in [7, 11) is 0. The molecule has 0 spiro atoms. The van der Waals surface area contributed by atoms with E-state index < -0.39 is 0 Å². The maximum absolute atomic E-state index is 9.94. The fraction of sp³-hybridized carbons (Fsp3) is 0. The zero-order valence-corrected chi connectivity index (χ0v) is 33.1. The SMILES string of the molecule is N#Cc1ccc2nc3c4oc5ccccc5c4c4sc5ccc(-n6c7ccccc7c7cc(-c8ccc9c(c8)c8ccccc8n9-c8ccccc8)ccc76)cc5c4n3c2c1. The molecule has 0 aliphatic carbocycles. The molecule has 0 radical (unpaired) electrons. The van der Waals surface area contributed by atoms with Gasteiger partial charge in [-0.2, -0.15) is 5.26 Å². The van der Waals surface area contributed by atoms with Crippen molar-refractivity contribution in [1.82, 2.24) is 18.5 Å². The summed E-state index contributed by atoms with van der Waals surface area (Å²) in [5.41, 5.74) is 15.0. The lowest BCUT2D eigenvalue weighted by atomic mass is 10.0. The normalized spacial score (nSPS) is 12.2. The molecule has 6 nitrogen and oxygen atoms in total. The van der Waals surface area contributed by atoms with Crippen LogP contribution in [-0.4, -0.2) is 18.5 Å². The molecule has 0 unspecified atom stereocenters. The predicted octanol–water partition coefficient (Wildman–Crippen LogP) is 14.5. The number of thiophene rings is 1. The van der Waals surface area contributed by atoms with Gasteiger partial charge in [-0.25, -0.2) is 4.98 Å². The average Bonchev–Trinajstić information content (AvgIpc) is 4.13. The van der Waals surface area contributed by atoms with Crippen molar-refractivity contribution in [1.29, 1.82) is 5.26 Å². The van der Waals surface area contributed by atoms with Gasteiger partial charge < -0.3 is 13.6 Å². The molecule has 282 valence electrons. The van der Waals surface area contributed by atoms with E-state index >= 15 is 0 Å². The Kier molecular flexibility index (Phi) is 6.41. The molecule has 7 heteroatoms. The number of hydrogen-bond donors (Lipinski definition) is 0. The summed E-state index contributed by atoms with van der Waals surface area (Å²) in [6.45, 7) is 0. The number of pyridine rings is 1. The van der Waals surface area contributed by atoms with E-state index in [2.05, 4.69) is 165 Å². The van der Waals surface area contributed by atoms with Gasteiger partial charge in [0.2, 0.25) is 0 Å². The van der Waals surface area contributed by atoms with Crippen LogP contribution in [0.5, 0.6) is 0 Å². The summed E-state index contributed by atoms with van der Waals surface area (Å²) < 4.78 is 15.9. The minimum atomic E-state index is 0.593. The van der Waals surface area contributed by atoms with Crippen LogP contribution < -0.4 is 0 Å². The Morgan fingerprint density at radius 2 is 1.15 bits per heavy atom. The van der Waals surface area contributed by atoms with Crippen LogP contribution in [0.25, 0.3) is 125 Å². The van der Waals surface area contributed by atoms with E-state index in [4.69, 9.17) is 9.40 Å². The third-order valence-electron chi connectivity index (χ3n) is 12.6. The minimum Gasteiger partial charge on any atom is -0.452 e. The van der Waals surface area contributed by atoms with E-state index in [0.717, 1.165) is 76.6 Å². The Hall–Kier alpha value is -8.18. The lowest BCUT2D eigenvalue weighted by molar-refractivity contribution is 0.670. The Labute approximate surface area is 350 Å². The second-order valence-electron chi connectivity index (χ2n) is 15.9. The molecule has 0 N–H and O–H groups in total. The lowest BCUT2D eigenvalue weighted by Gasteiger charge is -2.10. The van der Waals surface area contributed by atoms with Gasteiger partial charge in [-0.15, -0.1) is 11.3 Å². The second kappa shape index (κ2) is 12.0. The van der Waals surface area contributed by atoms with Crippen molar-refractivity contribution >= 4 is 114 Å². The number of aromatic nitrogens is 4. The van der Waals surface area contributed by atoms with Crippen LogP contribution >= 0.6 is 11.3 Å². The first-order valence-corrected chi connectivity index (χ1v) is 21.2. The molecule has 0 amide bonds. The smallest absolute Gasteiger partial charge is 0.182 e. The highest BCUT2D eigenvalue weighted by Crippen LogP contribution is 2.46. The van der Waals surface area contributed by atoms with Crippen LogP contribution in [0.2, 0.25) is 0 Å². The van der Waals surface area contributed by atoms with Crippen molar-refractivity contribution in [3.63, 3.8) is 0 Å². The van der Waals surface area contributed by atoms with Crippen LogP contribution in [0.4, 0.5) is 0 Å². The first kappa shape index (κ1) is 32.7. The van der Waals surface area contributed by atoms with Crippen molar-refractivity contribution in [2.45, 2.75) is 0 Å². The maximum Gasteiger partial charge on any atom is 0.182 e. The molecule has 0 saturated heterocycles. The molecular weight excluding hydrogens is 767 g/mol. The molecule has 6 heterocycles. The molecule has 0 bridgehead atoms. The number of hydrogen-bond acceptors (Lipinski definition) is 4. The molecule has 0 aliphatic heterocycles. The molecule has 14 aromatic rings. The summed E-state index contributed by atoms with van der Waals surface area (Å²) in [6.07, 6.45) is 0. The van der Waals surface area contributed by atoms with Gasteiger partial charge in [0, 0.05) is 48.4 Å². The fourth-order valence-corrected chi connectivity index (χ4v) is 11.2. The summed E-state index contributed by atoms with van der Waals surface area (Å²) in [6, 6.07) is 65.0. The Bertz CT molecular complexity index is 4250. The molecule has 8 aromatic carbocycles. The number of fused-ring (bicyclic) bond motifs is 18. The van der Waals surface area contributed by atoms with E-state index in [1.54, 1.807) is 11.3 Å². The molecule has 14 rings (SSSR count). The number of para-hydroxylation sites is 4. The number of rotatable bonds is 3. The van der Waals surface area contributed by atoms with Crippen molar-refractivity contribution in [2.24, 2.45) is 0 Å². The third kappa shape index (κ3) is 4.41. The molecular formula is C54H29N5OS. The van der Waals surface area contributed by atoms with Gasteiger partial charge in [-0.1, -0.05) is 84.9 Å². The summed E-state index contributed by atoms with van der Waals surface area (Å²) >= 11 is 1.78. The number of benzene rings is 8. The average molecular weight is 796 g/mol. The van der Waals surface area contributed by atoms with E-state index in [-0.39, 0.29) is 0 Å². The summed E-state index contributed by atoms with van der Waals surface area (Å²) in [5.74, 6) is 0. The zero-order chi connectivity index (χ0) is 39.9. The summed E-state index contributed by atoms with van der Waals surface area (Å²) in [4.78, 5) is 5.14. The quantitative estimate of drug-likeness (QED) is 0.179. The number of nitrogens with zero attached hydrogens (tertiary/aromatic N) is 5. The molecule has 0 saturated carbocycles. The van der Waals surface area contributed by atoms with Crippen LogP contribution in [0.3, 0.4) is 0 Å². The first-order chi connectivity index (χ1) is 30.2. The van der Waals surface area contributed by atoms with Crippen molar-refractivity contribution in [3.05, 3.63) is 181 Å². The van der Waals surface area contributed by atoms with E-state index in [9.17, 15) is 5.26 Å². The van der Waals surface area contributed by atoms with Gasteiger partial charge in [0.15, 0.2) is 11.2 Å². The summed E-state index contributed by atoms with van der Waals surface area (Å²) in [5, 5.41) is 18.1. The lowest BCUT2D eigenvalue weighted by Crippen LogP contribution is -1.94. The Morgan fingerprint density at radius 3 is 1.87 bits per heavy atom. The second-order valence-corrected chi connectivity index (χ2v) is 16.9. The van der Waals surface area contributed by atoms with E-state index in [0.29, 0.717) is 5.56 Å². The number of furan rings is 1. The van der Waals surface area contributed by atoms with Crippen LogP contribution in [0.1, 0.15) is 5.56 Å². The molecule has 61 heavy (non-hydrogen) atoms. The predicted molar refractivity (Wildman–Crippen MR) is 252 cm³/mol. The first-order valence-electron chi connectivity index (χ1n) is 20.3. The fourth-order valence-electron chi connectivity index (χ4n) is 9.99. The zero-order valence-electron chi connectivity index (χ0n) is 32.3. The monoisotopic (exact) mass is 795 g/mol. The number of imidazole rings is 1. The van der Waals surface area contributed by atoms with Crippen LogP contribution in [0.15, 0.2) is 180 Å². The highest BCUT2D eigenvalue weighted by molar-refractivity contribution is 7.26. The van der Waals surface area contributed by atoms with Crippen molar-refractivity contribution in [2.75, 3.05) is 0 Å². The molecule has 0 aliphatic rings. The molecule has 0 fully saturated rings. The topological polar surface area (TPSA) is 64.1 Å². The number of nitriles is 1. The third-order valence-corrected chi connectivity index (χ3v) is 13.8. The van der Waals surface area contributed by atoms with E-state index in [1.807, 2.05) is 30.3 Å². The van der Waals surface area contributed by atoms with Gasteiger partial charge in [0.1, 0.15) is 5.58 Å². The van der Waals surface area contributed by atoms with Crippen molar-refractivity contribution in [3.8, 4) is 28.6 Å². The molecule has 0 atom stereocenters. The highest BCUT2D eigenvalue weighted by atomic mass is 32.1. The Balaban J connectivity index is 1.00. The minimum absolute atomic E-state index is 0.593. The van der Waals surface area contributed by atoms with Gasteiger partial charge in [-0.3, -0.25) is 4.40 Å². The Morgan fingerprint density at radius 1 is 0.508 bits per heavy atom. The van der Waals surface area contributed by atoms with E-state index in [1.165, 1.54) is 48.4 Å². The van der Waals surface area contributed by atoms with Crippen LogP contribution in [-0.2, 0) is 0 Å². The van der Waals surface area contributed by atoms with Gasteiger partial charge in [0.05, 0.1) is 60.3 Å². The highest BCUT2D eigenvalue weighted by Gasteiger charge is 2.24. The van der Waals surface area contributed by atoms with Gasteiger partial charge in [0.25, 0.3) is 0 Å². The maximum atomic E-state index is 9.94. The standard InChI is InChI=1S/C54H29N5OS/c55-30-31-18-22-42-47(26-31)59-51-41-29-35(21-25-49(41)61-53(51)50-38-14-6-9-17-48(38)60-52(50)54(59)56-42)58-44-16-8-5-13-37(44)40-28-33(20-24-46(40)58)32-19-23-45-39(27-32)36-12-4-7-15-43(36)57(45)34-10-2-1-3-11-34/h1-29H. The van der Waals surface area contributed by atoms with Gasteiger partial charge in [-0.05, 0) is 102 Å². The van der Waals surface area contributed by atoms with Gasteiger partial charge >= 0.3 is 0 Å². The molecule has 6 aromatic heterocycles. The largest absolute Gasteiger partial charge is 0.452 e. The van der Waals surface area contributed by atoms with Crippen molar-refractivity contribution < 1.29 is 4.42 Å². The van der Waals surface area contributed by atoms with Crippen LogP contribution in [0, 0.1) is 11.3 Å².